The molecule has 0 unspecified atom stereocenters. The summed E-state index contributed by atoms with van der Waals surface area (Å²) in [6, 6.07) is 10.2. The van der Waals surface area contributed by atoms with E-state index in [9.17, 15) is 13.2 Å². The quantitative estimate of drug-likeness (QED) is 0.477. The van der Waals surface area contributed by atoms with Crippen LogP contribution in [-0.4, -0.2) is 63.3 Å². The molecule has 0 radical (unpaired) electrons. The number of amides is 1. The number of aromatic nitrogens is 1. The third-order valence-electron chi connectivity index (χ3n) is 5.86. The van der Waals surface area contributed by atoms with Gasteiger partial charge in [0.25, 0.3) is 0 Å². The molecule has 33 heavy (non-hydrogen) atoms. The van der Waals surface area contributed by atoms with Crippen molar-refractivity contribution in [2.24, 2.45) is 0 Å². The second-order valence-electron chi connectivity index (χ2n) is 7.98. The van der Waals surface area contributed by atoms with E-state index in [1.807, 2.05) is 24.0 Å². The Morgan fingerprint density at radius 1 is 1.12 bits per heavy atom. The fourth-order valence-electron chi connectivity index (χ4n) is 3.84. The van der Waals surface area contributed by atoms with Crippen LogP contribution < -0.4 is 9.64 Å². The summed E-state index contributed by atoms with van der Waals surface area (Å²) in [5.74, 6) is 0.540. The second-order valence-corrected chi connectivity index (χ2v) is 11.5. The predicted octanol–water partition coefficient (Wildman–Crippen LogP) is 4.17. The first-order valence-electron chi connectivity index (χ1n) is 10.7. The van der Waals surface area contributed by atoms with E-state index in [-0.39, 0.29) is 23.0 Å². The molecule has 7 nitrogen and oxygen atoms in total. The molecule has 0 bridgehead atoms. The Morgan fingerprint density at radius 3 is 2.48 bits per heavy atom. The van der Waals surface area contributed by atoms with Crippen LogP contribution in [0.3, 0.4) is 0 Å². The fourth-order valence-corrected chi connectivity index (χ4v) is 6.38. The summed E-state index contributed by atoms with van der Waals surface area (Å²) in [6.07, 6.45) is 0.513. The molecule has 0 spiro atoms. The Labute approximate surface area is 202 Å². The molecule has 0 atom stereocenters. The van der Waals surface area contributed by atoms with Crippen molar-refractivity contribution in [1.29, 1.82) is 0 Å². The van der Waals surface area contributed by atoms with Crippen LogP contribution in [0.2, 0.25) is 5.02 Å². The Kier molecular flexibility index (Phi) is 7.11. The second kappa shape index (κ2) is 9.87. The van der Waals surface area contributed by atoms with Gasteiger partial charge in [0, 0.05) is 37.6 Å². The average Bonchev–Trinajstić information content (AvgIpc) is 3.26. The molecular weight excluding hydrogens is 482 g/mol. The lowest BCUT2D eigenvalue weighted by molar-refractivity contribution is -0.131. The molecule has 3 aromatic rings. The van der Waals surface area contributed by atoms with Crippen LogP contribution >= 0.6 is 22.9 Å². The van der Waals surface area contributed by atoms with E-state index in [2.05, 4.69) is 4.90 Å². The molecule has 4 rings (SSSR count). The molecule has 1 aromatic heterocycles. The van der Waals surface area contributed by atoms with Crippen LogP contribution in [0.1, 0.15) is 18.4 Å². The zero-order chi connectivity index (χ0) is 23.6. The van der Waals surface area contributed by atoms with E-state index >= 15 is 0 Å². The first kappa shape index (κ1) is 23.8. The Morgan fingerprint density at radius 2 is 1.82 bits per heavy atom. The van der Waals surface area contributed by atoms with Gasteiger partial charge in [0.1, 0.15) is 5.75 Å². The molecule has 176 valence electrons. The maximum absolute atomic E-state index is 12.6. The van der Waals surface area contributed by atoms with E-state index in [4.69, 9.17) is 21.3 Å². The maximum Gasteiger partial charge on any atom is 0.222 e. The van der Waals surface area contributed by atoms with Crippen LogP contribution in [-0.2, 0) is 14.6 Å². The number of anilines is 1. The van der Waals surface area contributed by atoms with Gasteiger partial charge in [-0.3, -0.25) is 4.79 Å². The molecule has 1 fully saturated rings. The summed E-state index contributed by atoms with van der Waals surface area (Å²) in [7, 11) is -1.89. The number of rotatable bonds is 7. The number of ether oxygens (including phenoxy) is 1. The van der Waals surface area contributed by atoms with E-state index in [1.54, 1.807) is 23.5 Å². The van der Waals surface area contributed by atoms with Crippen LogP contribution in [0.25, 0.3) is 10.2 Å². The number of nitrogens with zero attached hydrogens (tertiary/aromatic N) is 3. The highest BCUT2D eigenvalue weighted by molar-refractivity contribution is 7.91. The fraction of sp³-hybridized carbons (Fsp3) is 0.391. The molecule has 1 saturated heterocycles. The molecule has 2 aromatic carbocycles. The van der Waals surface area contributed by atoms with Crippen molar-refractivity contribution in [3.8, 4) is 5.75 Å². The molecule has 1 aliphatic rings. The zero-order valence-electron chi connectivity index (χ0n) is 18.6. The summed E-state index contributed by atoms with van der Waals surface area (Å²) in [6.45, 7) is 4.56. The minimum absolute atomic E-state index is 0.00786. The van der Waals surface area contributed by atoms with E-state index in [0.717, 1.165) is 20.9 Å². The molecule has 1 aliphatic heterocycles. The largest absolute Gasteiger partial charge is 0.497 e. The number of piperazine rings is 1. The zero-order valence-corrected chi connectivity index (χ0v) is 21.0. The summed E-state index contributed by atoms with van der Waals surface area (Å²) >= 11 is 7.85. The third kappa shape index (κ3) is 5.26. The molecular formula is C23H26ClN3O4S2. The standard InChI is InChI=1S/C23H26ClN3O4S2/c1-16-19(24)9-10-20-22(16)25-23(32-20)27-13-11-26(12-14-27)21(28)4-3-15-33(29,30)18-7-5-17(31-2)6-8-18/h5-10H,3-4,11-15H2,1-2H3. The Hall–Kier alpha value is -2.36. The van der Waals surface area contributed by atoms with E-state index in [0.29, 0.717) is 43.4 Å². The Bertz CT molecular complexity index is 1250. The van der Waals surface area contributed by atoms with Crippen molar-refractivity contribution in [1.82, 2.24) is 9.88 Å². The Balaban J connectivity index is 1.28. The van der Waals surface area contributed by atoms with Gasteiger partial charge < -0.3 is 14.5 Å². The molecule has 10 heteroatoms. The van der Waals surface area contributed by atoms with Crippen LogP contribution in [0.5, 0.6) is 5.75 Å². The average molecular weight is 508 g/mol. The predicted molar refractivity (Wildman–Crippen MR) is 132 cm³/mol. The minimum Gasteiger partial charge on any atom is -0.497 e. The summed E-state index contributed by atoms with van der Waals surface area (Å²) in [5, 5.41) is 1.65. The van der Waals surface area contributed by atoms with Crippen molar-refractivity contribution in [2.45, 2.75) is 24.7 Å². The highest BCUT2D eigenvalue weighted by Crippen LogP contribution is 2.33. The number of fused-ring (bicyclic) bond motifs is 1. The number of sulfone groups is 1. The highest BCUT2D eigenvalue weighted by atomic mass is 35.5. The number of carbonyl (C=O) groups is 1. The van der Waals surface area contributed by atoms with Gasteiger partial charge in [-0.15, -0.1) is 0 Å². The van der Waals surface area contributed by atoms with Gasteiger partial charge in [-0.25, -0.2) is 13.4 Å². The topological polar surface area (TPSA) is 79.8 Å². The van der Waals surface area contributed by atoms with Gasteiger partial charge in [0.05, 0.1) is 28.0 Å². The van der Waals surface area contributed by atoms with Crippen molar-refractivity contribution in [3.63, 3.8) is 0 Å². The van der Waals surface area contributed by atoms with Crippen molar-refractivity contribution in [2.75, 3.05) is 43.9 Å². The van der Waals surface area contributed by atoms with Gasteiger partial charge >= 0.3 is 0 Å². The van der Waals surface area contributed by atoms with Crippen LogP contribution in [0.4, 0.5) is 5.13 Å². The third-order valence-corrected chi connectivity index (χ3v) is 9.17. The SMILES string of the molecule is COc1ccc(S(=O)(=O)CCCC(=O)N2CCN(c3nc4c(C)c(Cl)ccc4s3)CC2)cc1. The first-order chi connectivity index (χ1) is 15.8. The normalized spacial score (nSPS) is 14.6. The number of methoxy groups -OCH3 is 1. The number of hydrogen-bond donors (Lipinski definition) is 0. The molecule has 0 saturated carbocycles. The highest BCUT2D eigenvalue weighted by Gasteiger charge is 2.24. The number of benzene rings is 2. The molecule has 0 aliphatic carbocycles. The lowest BCUT2D eigenvalue weighted by Gasteiger charge is -2.34. The lowest BCUT2D eigenvalue weighted by atomic mass is 10.2. The lowest BCUT2D eigenvalue weighted by Crippen LogP contribution is -2.48. The molecule has 1 amide bonds. The van der Waals surface area contributed by atoms with Gasteiger partial charge in [-0.05, 0) is 55.3 Å². The molecule has 0 N–H and O–H groups in total. The summed E-state index contributed by atoms with van der Waals surface area (Å²) in [4.78, 5) is 21.7. The molecule has 2 heterocycles. The maximum atomic E-state index is 12.6. The van der Waals surface area contributed by atoms with Crippen molar-refractivity contribution < 1.29 is 17.9 Å². The van der Waals surface area contributed by atoms with Crippen LogP contribution in [0.15, 0.2) is 41.3 Å². The van der Waals surface area contributed by atoms with Gasteiger partial charge in [-0.1, -0.05) is 22.9 Å². The van der Waals surface area contributed by atoms with Gasteiger partial charge in [0.15, 0.2) is 15.0 Å². The number of aryl methyl sites for hydroxylation is 1. The van der Waals surface area contributed by atoms with Crippen LogP contribution in [0, 0.1) is 6.92 Å². The summed E-state index contributed by atoms with van der Waals surface area (Å²) in [5.41, 5.74) is 1.91. The smallest absolute Gasteiger partial charge is 0.222 e. The number of carbonyl (C=O) groups excluding carboxylic acids is 1. The first-order valence-corrected chi connectivity index (χ1v) is 13.6. The number of thiazole rings is 1. The van der Waals surface area contributed by atoms with Crippen molar-refractivity contribution in [3.05, 3.63) is 47.0 Å². The van der Waals surface area contributed by atoms with E-state index < -0.39 is 9.84 Å². The van der Waals surface area contributed by atoms with Gasteiger partial charge in [0.2, 0.25) is 5.91 Å². The minimum atomic E-state index is -3.43. The number of hydrogen-bond acceptors (Lipinski definition) is 7. The summed E-state index contributed by atoms with van der Waals surface area (Å²) < 4.78 is 31.2. The monoisotopic (exact) mass is 507 g/mol. The van der Waals surface area contributed by atoms with Gasteiger partial charge in [-0.2, -0.15) is 0 Å². The van der Waals surface area contributed by atoms with E-state index in [1.165, 1.54) is 19.2 Å². The number of halogens is 1. The van der Waals surface area contributed by atoms with Crippen molar-refractivity contribution >= 4 is 54.0 Å².